The van der Waals surface area contributed by atoms with Gasteiger partial charge >= 0.3 is 5.97 Å². The van der Waals surface area contributed by atoms with E-state index < -0.39 is 18.2 Å². The zero-order valence-corrected chi connectivity index (χ0v) is 35.3. The molecule has 0 aliphatic rings. The predicted octanol–water partition coefficient (Wildman–Crippen LogP) is 12.9. The summed E-state index contributed by atoms with van der Waals surface area (Å²) in [7, 11) is 0. The van der Waals surface area contributed by atoms with Crippen LogP contribution in [0.4, 0.5) is 0 Å². The zero-order chi connectivity index (χ0) is 39.6. The first-order valence-electron chi connectivity index (χ1n) is 22.6. The van der Waals surface area contributed by atoms with Crippen molar-refractivity contribution in [1.29, 1.82) is 0 Å². The third-order valence-electron chi connectivity index (χ3n) is 9.91. The van der Waals surface area contributed by atoms with E-state index in [1.54, 1.807) is 0 Å². The SMILES string of the molecule is CC/C=C/C=C/C=C/C=C\CCCCCCCC(=O)OC(CCCCC/C=C\CCC)CC(=O)NC(CO)C(O)CCCCCCCCCCCCCC. The Morgan fingerprint density at radius 2 is 1.06 bits per heavy atom. The lowest BCUT2D eigenvalue weighted by Crippen LogP contribution is -2.46. The second kappa shape index (κ2) is 41.7. The van der Waals surface area contributed by atoms with Gasteiger partial charge in [0, 0.05) is 6.42 Å². The van der Waals surface area contributed by atoms with Crippen molar-refractivity contribution in [2.75, 3.05) is 6.61 Å². The minimum Gasteiger partial charge on any atom is -0.462 e. The number of carbonyl (C=O) groups excluding carboxylic acids is 2. The van der Waals surface area contributed by atoms with Gasteiger partial charge in [0.2, 0.25) is 5.91 Å². The van der Waals surface area contributed by atoms with Crippen molar-refractivity contribution in [2.24, 2.45) is 0 Å². The first kappa shape index (κ1) is 51.6. The van der Waals surface area contributed by atoms with Gasteiger partial charge in [0.05, 0.1) is 25.2 Å². The third-order valence-corrected chi connectivity index (χ3v) is 9.91. The molecule has 3 N–H and O–H groups in total. The van der Waals surface area contributed by atoms with Crippen LogP contribution in [0.2, 0.25) is 0 Å². The molecule has 0 spiro atoms. The Bertz CT molecular complexity index is 984. The number of ether oxygens (including phenoxy) is 1. The summed E-state index contributed by atoms with van der Waals surface area (Å²) >= 11 is 0. The fourth-order valence-corrected chi connectivity index (χ4v) is 6.50. The molecule has 312 valence electrons. The number of esters is 1. The molecule has 1 amide bonds. The number of hydrogen-bond donors (Lipinski definition) is 3. The number of aliphatic hydroxyl groups excluding tert-OH is 2. The molecule has 0 fully saturated rings. The van der Waals surface area contributed by atoms with Crippen molar-refractivity contribution in [3.05, 3.63) is 60.8 Å². The van der Waals surface area contributed by atoms with Gasteiger partial charge in [-0.15, -0.1) is 0 Å². The molecule has 0 heterocycles. The van der Waals surface area contributed by atoms with Gasteiger partial charge in [0.1, 0.15) is 6.10 Å². The summed E-state index contributed by atoms with van der Waals surface area (Å²) in [6.07, 6.45) is 50.0. The fourth-order valence-electron chi connectivity index (χ4n) is 6.50. The Hall–Kier alpha value is -2.44. The van der Waals surface area contributed by atoms with Gasteiger partial charge in [-0.3, -0.25) is 9.59 Å². The van der Waals surface area contributed by atoms with Gasteiger partial charge in [-0.25, -0.2) is 0 Å². The summed E-state index contributed by atoms with van der Waals surface area (Å²) in [4.78, 5) is 25.9. The van der Waals surface area contributed by atoms with Gasteiger partial charge in [0.25, 0.3) is 0 Å². The minimum atomic E-state index is -0.794. The van der Waals surface area contributed by atoms with E-state index in [4.69, 9.17) is 4.74 Å². The summed E-state index contributed by atoms with van der Waals surface area (Å²) < 4.78 is 5.86. The molecule has 0 aromatic heterocycles. The molecule has 3 atom stereocenters. The van der Waals surface area contributed by atoms with Crippen LogP contribution in [0.15, 0.2) is 60.8 Å². The van der Waals surface area contributed by atoms with Crippen molar-refractivity contribution >= 4 is 11.9 Å². The topological polar surface area (TPSA) is 95.9 Å². The molecular formula is C48H85NO5. The van der Waals surface area contributed by atoms with Crippen LogP contribution in [0.3, 0.4) is 0 Å². The number of rotatable bonds is 39. The standard InChI is InChI=1S/C48H85NO5/c1-4-7-10-13-16-19-21-23-24-25-27-29-32-35-38-41-48(53)54-44(39-36-33-30-18-15-12-9-6-3)42-47(52)49-45(43-50)46(51)40-37-34-31-28-26-22-20-17-14-11-8-5-2/h7,10,12-13,15-16,19,21,23-24,44-46,50-51H,4-6,8-9,11,14,17-18,20,22,25-43H2,1-3H3,(H,49,52)/b10-7+,15-12-,16-13+,21-19+,24-23-. The first-order valence-corrected chi connectivity index (χ1v) is 22.6. The summed E-state index contributed by atoms with van der Waals surface area (Å²) in [5.41, 5.74) is 0. The van der Waals surface area contributed by atoms with Crippen LogP contribution in [0.1, 0.15) is 207 Å². The lowest BCUT2D eigenvalue weighted by Gasteiger charge is -2.24. The minimum absolute atomic E-state index is 0.0544. The summed E-state index contributed by atoms with van der Waals surface area (Å²) in [6, 6.07) is -0.710. The van der Waals surface area contributed by atoms with Crippen LogP contribution in [0.5, 0.6) is 0 Å². The largest absolute Gasteiger partial charge is 0.462 e. The molecule has 6 nitrogen and oxygen atoms in total. The first-order chi connectivity index (χ1) is 26.5. The van der Waals surface area contributed by atoms with E-state index in [-0.39, 0.29) is 24.9 Å². The van der Waals surface area contributed by atoms with Gasteiger partial charge in [-0.05, 0) is 64.2 Å². The Morgan fingerprint density at radius 3 is 1.67 bits per heavy atom. The highest BCUT2D eigenvalue weighted by atomic mass is 16.5. The fraction of sp³-hybridized carbons (Fsp3) is 0.750. The van der Waals surface area contributed by atoms with Crippen LogP contribution in [0.25, 0.3) is 0 Å². The van der Waals surface area contributed by atoms with E-state index in [0.717, 1.165) is 103 Å². The highest BCUT2D eigenvalue weighted by molar-refractivity contribution is 5.77. The van der Waals surface area contributed by atoms with Crippen LogP contribution in [0, 0.1) is 0 Å². The molecule has 0 rings (SSSR count). The van der Waals surface area contributed by atoms with Crippen molar-refractivity contribution in [3.8, 4) is 0 Å². The van der Waals surface area contributed by atoms with Gasteiger partial charge < -0.3 is 20.3 Å². The Balaban J connectivity index is 4.54. The molecular weight excluding hydrogens is 671 g/mol. The van der Waals surface area contributed by atoms with Gasteiger partial charge in [-0.1, -0.05) is 191 Å². The third kappa shape index (κ3) is 36.5. The van der Waals surface area contributed by atoms with E-state index in [2.05, 4.69) is 68.6 Å². The monoisotopic (exact) mass is 756 g/mol. The highest BCUT2D eigenvalue weighted by Gasteiger charge is 2.24. The summed E-state index contributed by atoms with van der Waals surface area (Å²) in [5.74, 6) is -0.525. The molecule has 0 aliphatic heterocycles. The van der Waals surface area contributed by atoms with Crippen LogP contribution in [-0.4, -0.2) is 46.9 Å². The predicted molar refractivity (Wildman–Crippen MR) is 232 cm³/mol. The van der Waals surface area contributed by atoms with Crippen molar-refractivity contribution in [3.63, 3.8) is 0 Å². The maximum atomic E-state index is 13.1. The van der Waals surface area contributed by atoms with Crippen LogP contribution in [-0.2, 0) is 14.3 Å². The maximum absolute atomic E-state index is 13.1. The lowest BCUT2D eigenvalue weighted by molar-refractivity contribution is -0.151. The number of aliphatic hydroxyl groups is 2. The number of nitrogens with one attached hydrogen (secondary N) is 1. The molecule has 0 bridgehead atoms. The average molecular weight is 756 g/mol. The summed E-state index contributed by atoms with van der Waals surface area (Å²) in [6.45, 7) is 6.24. The second-order valence-electron chi connectivity index (χ2n) is 15.2. The molecule has 0 saturated carbocycles. The molecule has 0 aliphatic carbocycles. The Kier molecular flexibility index (Phi) is 39.8. The number of unbranched alkanes of at least 4 members (excludes halogenated alkanes) is 20. The van der Waals surface area contributed by atoms with Crippen molar-refractivity contribution < 1.29 is 24.5 Å². The van der Waals surface area contributed by atoms with Crippen LogP contribution < -0.4 is 5.32 Å². The lowest BCUT2D eigenvalue weighted by atomic mass is 10.0. The van der Waals surface area contributed by atoms with Gasteiger partial charge in [-0.2, -0.15) is 0 Å². The number of amides is 1. The number of hydrogen-bond acceptors (Lipinski definition) is 5. The zero-order valence-electron chi connectivity index (χ0n) is 35.3. The van der Waals surface area contributed by atoms with Crippen molar-refractivity contribution in [2.45, 2.75) is 225 Å². The number of allylic oxidation sites excluding steroid dienone is 10. The maximum Gasteiger partial charge on any atom is 0.306 e. The molecule has 0 radical (unpaired) electrons. The smallest absolute Gasteiger partial charge is 0.306 e. The Morgan fingerprint density at radius 1 is 0.556 bits per heavy atom. The molecule has 54 heavy (non-hydrogen) atoms. The van der Waals surface area contributed by atoms with Crippen molar-refractivity contribution in [1.82, 2.24) is 5.32 Å². The molecule has 0 saturated heterocycles. The molecule has 6 heteroatoms. The second-order valence-corrected chi connectivity index (χ2v) is 15.2. The van der Waals surface area contributed by atoms with E-state index >= 15 is 0 Å². The van der Waals surface area contributed by atoms with Gasteiger partial charge in [0.15, 0.2) is 0 Å². The normalized spacial score (nSPS) is 13.9. The Labute approximate surface area is 333 Å². The highest BCUT2D eigenvalue weighted by Crippen LogP contribution is 2.17. The average Bonchev–Trinajstić information content (AvgIpc) is 3.16. The molecule has 0 aromatic carbocycles. The van der Waals surface area contributed by atoms with E-state index in [1.807, 2.05) is 18.2 Å². The van der Waals surface area contributed by atoms with E-state index in [9.17, 15) is 19.8 Å². The molecule has 3 unspecified atom stereocenters. The number of carbonyl (C=O) groups is 2. The summed E-state index contributed by atoms with van der Waals surface area (Å²) in [5, 5.41) is 23.6. The van der Waals surface area contributed by atoms with Crippen LogP contribution >= 0.6 is 0 Å². The van der Waals surface area contributed by atoms with E-state index in [1.165, 1.54) is 57.8 Å². The quantitative estimate of drug-likeness (QED) is 0.0251. The molecule has 0 aromatic rings. The van der Waals surface area contributed by atoms with E-state index in [0.29, 0.717) is 19.3 Å².